The third-order valence-corrected chi connectivity index (χ3v) is 6.96. The SMILES string of the molecule is Cc1cc(C)c(NC(=O)c2cccc(S(=O)(=O)N3CCCCCC3)c2)c(C)n1. The summed E-state index contributed by atoms with van der Waals surface area (Å²) < 4.78 is 27.5. The predicted octanol–water partition coefficient (Wildman–Crippen LogP) is 3.82. The lowest BCUT2D eigenvalue weighted by Crippen LogP contribution is -2.32. The zero-order valence-electron chi connectivity index (χ0n) is 16.7. The summed E-state index contributed by atoms with van der Waals surface area (Å²) >= 11 is 0. The Bertz CT molecular complexity index is 955. The quantitative estimate of drug-likeness (QED) is 0.845. The molecule has 3 rings (SSSR count). The molecule has 1 amide bonds. The van der Waals surface area contributed by atoms with E-state index in [0.29, 0.717) is 24.3 Å². The summed E-state index contributed by atoms with van der Waals surface area (Å²) in [7, 11) is -3.60. The fourth-order valence-electron chi connectivity index (χ4n) is 3.63. The molecule has 28 heavy (non-hydrogen) atoms. The molecule has 1 aliphatic rings. The van der Waals surface area contributed by atoms with E-state index in [1.54, 1.807) is 18.2 Å². The molecule has 1 aliphatic heterocycles. The minimum Gasteiger partial charge on any atom is -0.320 e. The first kappa shape index (κ1) is 20.5. The van der Waals surface area contributed by atoms with Crippen LogP contribution < -0.4 is 5.32 Å². The second kappa shape index (κ2) is 8.41. The van der Waals surface area contributed by atoms with Crippen molar-refractivity contribution in [2.45, 2.75) is 51.3 Å². The molecule has 1 fully saturated rings. The van der Waals surface area contributed by atoms with E-state index in [-0.39, 0.29) is 10.8 Å². The van der Waals surface area contributed by atoms with Crippen LogP contribution in [0.25, 0.3) is 0 Å². The van der Waals surface area contributed by atoms with Crippen LogP contribution in [-0.4, -0.2) is 36.7 Å². The van der Waals surface area contributed by atoms with E-state index < -0.39 is 10.0 Å². The Balaban J connectivity index is 1.86. The van der Waals surface area contributed by atoms with Gasteiger partial charge in [-0.1, -0.05) is 18.9 Å². The van der Waals surface area contributed by atoms with Gasteiger partial charge in [-0.3, -0.25) is 9.78 Å². The van der Waals surface area contributed by atoms with Gasteiger partial charge in [0.25, 0.3) is 5.91 Å². The number of benzene rings is 1. The number of pyridine rings is 1. The van der Waals surface area contributed by atoms with Crippen LogP contribution in [0, 0.1) is 20.8 Å². The van der Waals surface area contributed by atoms with Crippen molar-refractivity contribution < 1.29 is 13.2 Å². The van der Waals surface area contributed by atoms with Crippen LogP contribution in [0.1, 0.15) is 53.0 Å². The first-order chi connectivity index (χ1) is 13.3. The van der Waals surface area contributed by atoms with Crippen LogP contribution in [0.5, 0.6) is 0 Å². The van der Waals surface area contributed by atoms with Crippen LogP contribution in [0.4, 0.5) is 5.69 Å². The summed E-state index contributed by atoms with van der Waals surface area (Å²) in [6.07, 6.45) is 3.85. The van der Waals surface area contributed by atoms with Gasteiger partial charge in [0, 0.05) is 24.3 Å². The molecular formula is C21H27N3O3S. The molecular weight excluding hydrogens is 374 g/mol. The van der Waals surface area contributed by atoms with Crippen LogP contribution in [0.2, 0.25) is 0 Å². The highest BCUT2D eigenvalue weighted by molar-refractivity contribution is 7.89. The number of rotatable bonds is 4. The average Bonchev–Trinajstić information content (AvgIpc) is 2.94. The van der Waals surface area contributed by atoms with E-state index in [4.69, 9.17) is 0 Å². The van der Waals surface area contributed by atoms with Crippen molar-refractivity contribution in [3.63, 3.8) is 0 Å². The van der Waals surface area contributed by atoms with Gasteiger partial charge in [0.05, 0.1) is 16.3 Å². The van der Waals surface area contributed by atoms with Gasteiger partial charge in [-0.05, 0) is 63.4 Å². The van der Waals surface area contributed by atoms with Crippen LogP contribution in [0.3, 0.4) is 0 Å². The first-order valence-electron chi connectivity index (χ1n) is 9.65. The Morgan fingerprint density at radius 2 is 1.71 bits per heavy atom. The normalized spacial score (nSPS) is 15.8. The Morgan fingerprint density at radius 3 is 2.36 bits per heavy atom. The number of hydrogen-bond donors (Lipinski definition) is 1. The number of carbonyl (C=O) groups excluding carboxylic acids is 1. The summed E-state index contributed by atoms with van der Waals surface area (Å²) in [6, 6.07) is 8.17. The third kappa shape index (κ3) is 4.42. The number of hydrogen-bond acceptors (Lipinski definition) is 4. The average molecular weight is 402 g/mol. The summed E-state index contributed by atoms with van der Waals surface area (Å²) in [5.41, 5.74) is 3.52. The largest absolute Gasteiger partial charge is 0.320 e. The molecule has 1 saturated heterocycles. The lowest BCUT2D eigenvalue weighted by molar-refractivity contribution is 0.102. The monoisotopic (exact) mass is 401 g/mol. The molecule has 0 spiro atoms. The molecule has 0 unspecified atom stereocenters. The minimum atomic E-state index is -3.60. The van der Waals surface area contributed by atoms with E-state index in [1.807, 2.05) is 26.8 Å². The Hall–Kier alpha value is -2.25. The van der Waals surface area contributed by atoms with Crippen molar-refractivity contribution in [3.8, 4) is 0 Å². The van der Waals surface area contributed by atoms with Crippen molar-refractivity contribution in [2.24, 2.45) is 0 Å². The highest BCUT2D eigenvalue weighted by Gasteiger charge is 2.26. The number of aryl methyl sites for hydroxylation is 3. The van der Waals surface area contributed by atoms with Crippen molar-refractivity contribution >= 4 is 21.6 Å². The molecule has 2 aromatic rings. The van der Waals surface area contributed by atoms with Gasteiger partial charge < -0.3 is 5.32 Å². The van der Waals surface area contributed by atoms with Crippen molar-refractivity contribution in [3.05, 3.63) is 52.8 Å². The van der Waals surface area contributed by atoms with Crippen molar-refractivity contribution in [2.75, 3.05) is 18.4 Å². The third-order valence-electron chi connectivity index (χ3n) is 5.06. The van der Waals surface area contributed by atoms with E-state index in [2.05, 4.69) is 10.3 Å². The van der Waals surface area contributed by atoms with Crippen molar-refractivity contribution in [1.29, 1.82) is 0 Å². The van der Waals surface area contributed by atoms with Gasteiger partial charge in [0.2, 0.25) is 10.0 Å². The van der Waals surface area contributed by atoms with Crippen molar-refractivity contribution in [1.82, 2.24) is 9.29 Å². The molecule has 150 valence electrons. The predicted molar refractivity (Wildman–Crippen MR) is 110 cm³/mol. The zero-order chi connectivity index (χ0) is 20.3. The molecule has 0 saturated carbocycles. The fraction of sp³-hybridized carbons (Fsp3) is 0.429. The highest BCUT2D eigenvalue weighted by atomic mass is 32.2. The highest BCUT2D eigenvalue weighted by Crippen LogP contribution is 2.23. The second-order valence-electron chi connectivity index (χ2n) is 7.34. The molecule has 0 radical (unpaired) electrons. The van der Waals surface area contributed by atoms with Gasteiger partial charge in [0.1, 0.15) is 0 Å². The van der Waals surface area contributed by atoms with E-state index in [0.717, 1.165) is 42.6 Å². The number of carbonyl (C=O) groups is 1. The van der Waals surface area contributed by atoms with E-state index >= 15 is 0 Å². The Morgan fingerprint density at radius 1 is 1.04 bits per heavy atom. The number of nitrogens with one attached hydrogen (secondary N) is 1. The topological polar surface area (TPSA) is 79.4 Å². The summed E-state index contributed by atoms with van der Waals surface area (Å²) in [5, 5.41) is 2.88. The zero-order valence-corrected chi connectivity index (χ0v) is 17.5. The van der Waals surface area contributed by atoms with Gasteiger partial charge in [0.15, 0.2) is 0 Å². The maximum atomic E-state index is 13.0. The Labute approximate surface area is 167 Å². The number of sulfonamides is 1. The molecule has 1 aromatic carbocycles. The summed E-state index contributed by atoms with van der Waals surface area (Å²) in [5.74, 6) is -0.343. The van der Waals surface area contributed by atoms with Crippen LogP contribution in [-0.2, 0) is 10.0 Å². The molecule has 0 aliphatic carbocycles. The standard InChI is InChI=1S/C21H27N3O3S/c1-15-13-16(2)22-17(3)20(15)23-21(25)18-9-8-10-19(14-18)28(26,27)24-11-6-4-5-7-12-24/h8-10,13-14H,4-7,11-12H2,1-3H3,(H,23,25). The van der Waals surface area contributed by atoms with Gasteiger partial charge >= 0.3 is 0 Å². The van der Waals surface area contributed by atoms with Gasteiger partial charge in [-0.25, -0.2) is 8.42 Å². The molecule has 0 bridgehead atoms. The molecule has 0 atom stereocenters. The summed E-state index contributed by atoms with van der Waals surface area (Å²) in [4.78, 5) is 17.3. The number of nitrogens with zero attached hydrogens (tertiary/aromatic N) is 2. The minimum absolute atomic E-state index is 0.164. The lowest BCUT2D eigenvalue weighted by atomic mass is 10.1. The molecule has 1 aromatic heterocycles. The maximum absolute atomic E-state index is 13.0. The molecule has 1 N–H and O–H groups in total. The van der Waals surface area contributed by atoms with E-state index in [9.17, 15) is 13.2 Å². The molecule has 2 heterocycles. The van der Waals surface area contributed by atoms with Gasteiger partial charge in [-0.2, -0.15) is 4.31 Å². The van der Waals surface area contributed by atoms with E-state index in [1.165, 1.54) is 10.4 Å². The maximum Gasteiger partial charge on any atom is 0.255 e. The Kier molecular flexibility index (Phi) is 6.15. The summed E-state index contributed by atoms with van der Waals surface area (Å²) in [6.45, 7) is 6.73. The smallest absolute Gasteiger partial charge is 0.255 e. The number of amides is 1. The van der Waals surface area contributed by atoms with Crippen LogP contribution in [0.15, 0.2) is 35.2 Å². The fourth-order valence-corrected chi connectivity index (χ4v) is 5.19. The van der Waals surface area contributed by atoms with Crippen LogP contribution >= 0.6 is 0 Å². The first-order valence-corrected chi connectivity index (χ1v) is 11.1. The number of aromatic nitrogens is 1. The lowest BCUT2D eigenvalue weighted by Gasteiger charge is -2.20. The number of anilines is 1. The second-order valence-corrected chi connectivity index (χ2v) is 9.28. The molecule has 6 nitrogen and oxygen atoms in total. The van der Waals surface area contributed by atoms with Gasteiger partial charge in [-0.15, -0.1) is 0 Å². The molecule has 7 heteroatoms.